The van der Waals surface area contributed by atoms with Gasteiger partial charge in [0, 0.05) is 26.2 Å². The Morgan fingerprint density at radius 1 is 1.33 bits per heavy atom. The first-order valence-electron chi connectivity index (χ1n) is 6.51. The average Bonchev–Trinajstić information content (AvgIpc) is 2.40. The van der Waals surface area contributed by atoms with E-state index in [-0.39, 0.29) is 11.9 Å². The molecule has 0 aliphatic carbocycles. The number of methoxy groups -OCH3 is 1. The van der Waals surface area contributed by atoms with Crippen molar-refractivity contribution in [3.8, 4) is 0 Å². The van der Waals surface area contributed by atoms with E-state index in [1.54, 1.807) is 7.11 Å². The van der Waals surface area contributed by atoms with Gasteiger partial charge in [0.25, 0.3) is 0 Å². The van der Waals surface area contributed by atoms with E-state index in [4.69, 9.17) is 20.4 Å². The Bertz CT molecular complexity index is 213. The van der Waals surface area contributed by atoms with Crippen LogP contribution < -0.4 is 11.1 Å². The maximum atomic E-state index is 8.50. The van der Waals surface area contributed by atoms with Crippen LogP contribution in [0, 0.1) is 0 Å². The fraction of sp³-hybridized carbons (Fsp3) is 0.917. The van der Waals surface area contributed by atoms with Gasteiger partial charge >= 0.3 is 0 Å². The van der Waals surface area contributed by atoms with Gasteiger partial charge < -0.3 is 25.7 Å². The van der Waals surface area contributed by atoms with Crippen molar-refractivity contribution in [1.29, 1.82) is 0 Å². The van der Waals surface area contributed by atoms with Gasteiger partial charge in [0.05, 0.1) is 13.2 Å². The summed E-state index contributed by atoms with van der Waals surface area (Å²) < 4.78 is 10.2. The molecule has 0 aromatic carbocycles. The lowest BCUT2D eigenvalue weighted by atomic mass is 10.1. The summed E-state index contributed by atoms with van der Waals surface area (Å²) in [5, 5.41) is 14.9. The highest BCUT2D eigenvalue weighted by Gasteiger charge is 2.07. The second-order valence-corrected chi connectivity index (χ2v) is 4.17. The minimum Gasteiger partial charge on any atom is -0.409 e. The van der Waals surface area contributed by atoms with Crippen molar-refractivity contribution in [1.82, 2.24) is 5.32 Å². The summed E-state index contributed by atoms with van der Waals surface area (Å²) in [7, 11) is 1.67. The molecule has 0 spiro atoms. The monoisotopic (exact) mass is 261 g/mol. The molecule has 0 aliphatic rings. The van der Waals surface area contributed by atoms with E-state index in [1.807, 2.05) is 0 Å². The number of oxime groups is 1. The van der Waals surface area contributed by atoms with Gasteiger partial charge in [0.1, 0.15) is 5.84 Å². The van der Waals surface area contributed by atoms with E-state index in [9.17, 15) is 0 Å². The van der Waals surface area contributed by atoms with E-state index in [1.165, 1.54) is 0 Å². The Morgan fingerprint density at radius 3 is 2.72 bits per heavy atom. The molecule has 4 N–H and O–H groups in total. The van der Waals surface area contributed by atoms with Crippen molar-refractivity contribution in [3.63, 3.8) is 0 Å². The zero-order valence-corrected chi connectivity index (χ0v) is 11.5. The number of unbranched alkanes of at least 4 members (excludes halogenated alkanes) is 1. The molecule has 1 atom stereocenters. The maximum absolute atomic E-state index is 8.50. The molecule has 0 amide bonds. The molecule has 0 aromatic rings. The molecule has 0 radical (unpaired) electrons. The van der Waals surface area contributed by atoms with Crippen molar-refractivity contribution in [2.45, 2.75) is 38.6 Å². The first kappa shape index (κ1) is 17.2. The average molecular weight is 261 g/mol. The first-order valence-corrected chi connectivity index (χ1v) is 6.51. The maximum Gasteiger partial charge on any atom is 0.140 e. The highest BCUT2D eigenvalue weighted by Crippen LogP contribution is 1.98. The molecular weight excluding hydrogens is 234 g/mol. The quantitative estimate of drug-likeness (QED) is 0.160. The third-order valence-corrected chi connectivity index (χ3v) is 2.66. The fourth-order valence-electron chi connectivity index (χ4n) is 1.53. The summed E-state index contributed by atoms with van der Waals surface area (Å²) in [6.07, 6.45) is 3.62. The van der Waals surface area contributed by atoms with Crippen LogP contribution in [0.5, 0.6) is 0 Å². The number of hydrogen-bond acceptors (Lipinski definition) is 5. The molecule has 0 saturated carbocycles. The van der Waals surface area contributed by atoms with Gasteiger partial charge in [-0.2, -0.15) is 0 Å². The van der Waals surface area contributed by atoms with Gasteiger partial charge in [0.15, 0.2) is 0 Å². The molecule has 0 aromatic heterocycles. The van der Waals surface area contributed by atoms with Crippen LogP contribution >= 0.6 is 0 Å². The number of ether oxygens (including phenoxy) is 2. The van der Waals surface area contributed by atoms with Crippen LogP contribution in [0.25, 0.3) is 0 Å². The summed E-state index contributed by atoms with van der Waals surface area (Å²) in [4.78, 5) is 0. The Morgan fingerprint density at radius 2 is 2.11 bits per heavy atom. The van der Waals surface area contributed by atoms with Crippen molar-refractivity contribution in [3.05, 3.63) is 0 Å². The number of nitrogens with one attached hydrogen (secondary N) is 1. The second kappa shape index (κ2) is 12.6. The molecule has 0 rings (SSSR count). The van der Waals surface area contributed by atoms with Crippen LogP contribution in [0.1, 0.15) is 32.6 Å². The molecule has 6 heteroatoms. The Balaban J connectivity index is 3.40. The highest BCUT2D eigenvalue weighted by atomic mass is 16.5. The van der Waals surface area contributed by atoms with Gasteiger partial charge in [-0.1, -0.05) is 12.1 Å². The van der Waals surface area contributed by atoms with E-state index in [0.717, 1.165) is 32.4 Å². The molecule has 0 aliphatic heterocycles. The zero-order valence-electron chi connectivity index (χ0n) is 11.5. The number of nitrogens with zero attached hydrogens (tertiary/aromatic N) is 1. The van der Waals surface area contributed by atoms with Crippen LogP contribution in [0.2, 0.25) is 0 Å². The highest BCUT2D eigenvalue weighted by molar-refractivity contribution is 5.80. The largest absolute Gasteiger partial charge is 0.409 e. The van der Waals surface area contributed by atoms with Crippen molar-refractivity contribution in [2.75, 3.05) is 33.5 Å². The summed E-state index contributed by atoms with van der Waals surface area (Å²) in [6, 6.07) is 0.273. The molecule has 108 valence electrons. The molecule has 0 fully saturated rings. The van der Waals surface area contributed by atoms with Crippen molar-refractivity contribution >= 4 is 5.84 Å². The van der Waals surface area contributed by atoms with E-state index >= 15 is 0 Å². The van der Waals surface area contributed by atoms with Crippen LogP contribution in [-0.2, 0) is 9.47 Å². The van der Waals surface area contributed by atoms with Gasteiger partial charge in [-0.3, -0.25) is 0 Å². The van der Waals surface area contributed by atoms with Crippen molar-refractivity contribution < 1.29 is 14.7 Å². The first-order chi connectivity index (χ1) is 8.74. The SMILES string of the molecule is CCC(CC(N)=NO)NCCCCOCCOC. The Kier molecular flexibility index (Phi) is 12.0. The van der Waals surface area contributed by atoms with E-state index in [0.29, 0.717) is 19.6 Å². The van der Waals surface area contributed by atoms with E-state index in [2.05, 4.69) is 17.4 Å². The third-order valence-electron chi connectivity index (χ3n) is 2.66. The molecule has 0 saturated heterocycles. The minimum absolute atomic E-state index is 0.273. The lowest BCUT2D eigenvalue weighted by Crippen LogP contribution is -2.33. The molecule has 0 bridgehead atoms. The van der Waals surface area contributed by atoms with Crippen LogP contribution in [0.4, 0.5) is 0 Å². The van der Waals surface area contributed by atoms with Gasteiger partial charge in [0.2, 0.25) is 0 Å². The Labute approximate surface area is 110 Å². The number of hydrogen-bond donors (Lipinski definition) is 3. The number of nitrogens with two attached hydrogens (primary N) is 1. The normalized spacial score (nSPS) is 13.8. The van der Waals surface area contributed by atoms with E-state index < -0.39 is 0 Å². The standard InChI is InChI=1S/C12H27N3O3/c1-3-11(10-12(13)15-16)14-6-4-5-7-18-9-8-17-2/h11,14,16H,3-10H2,1-2H3,(H2,13,15). The Hall–Kier alpha value is -0.850. The molecule has 1 unspecified atom stereocenters. The summed E-state index contributed by atoms with van der Waals surface area (Å²) in [5.74, 6) is 0.275. The fourth-order valence-corrected chi connectivity index (χ4v) is 1.53. The number of amidine groups is 1. The van der Waals surface area contributed by atoms with Crippen LogP contribution in [0.15, 0.2) is 5.16 Å². The third kappa shape index (κ3) is 10.3. The van der Waals surface area contributed by atoms with Gasteiger partial charge in [-0.25, -0.2) is 0 Å². The molecular formula is C12H27N3O3. The molecule has 18 heavy (non-hydrogen) atoms. The lowest BCUT2D eigenvalue weighted by Gasteiger charge is -2.15. The van der Waals surface area contributed by atoms with Crippen molar-refractivity contribution in [2.24, 2.45) is 10.9 Å². The van der Waals surface area contributed by atoms with Gasteiger partial charge in [-0.15, -0.1) is 0 Å². The van der Waals surface area contributed by atoms with Crippen LogP contribution in [0.3, 0.4) is 0 Å². The molecule has 6 nitrogen and oxygen atoms in total. The zero-order chi connectivity index (χ0) is 13.6. The predicted octanol–water partition coefficient (Wildman–Crippen LogP) is 0.934. The summed E-state index contributed by atoms with van der Waals surface area (Å²) in [6.45, 7) is 5.07. The predicted molar refractivity (Wildman–Crippen MR) is 72.0 cm³/mol. The van der Waals surface area contributed by atoms with Crippen LogP contribution in [-0.4, -0.2) is 50.6 Å². The molecule has 0 heterocycles. The summed E-state index contributed by atoms with van der Waals surface area (Å²) in [5.41, 5.74) is 5.48. The second-order valence-electron chi connectivity index (χ2n) is 4.17. The lowest BCUT2D eigenvalue weighted by molar-refractivity contribution is 0.0687. The smallest absolute Gasteiger partial charge is 0.140 e. The number of rotatable bonds is 12. The minimum atomic E-state index is 0.273. The van der Waals surface area contributed by atoms with Gasteiger partial charge in [-0.05, 0) is 25.8 Å². The topological polar surface area (TPSA) is 89.1 Å². The summed E-state index contributed by atoms with van der Waals surface area (Å²) >= 11 is 0.